The number of aromatic nitrogens is 1. The number of rotatable bonds is 6. The molecule has 1 saturated heterocycles. The van der Waals surface area contributed by atoms with E-state index in [0.29, 0.717) is 12.5 Å². The van der Waals surface area contributed by atoms with Crippen LogP contribution in [0.3, 0.4) is 0 Å². The van der Waals surface area contributed by atoms with Crippen LogP contribution >= 0.6 is 35.3 Å². The zero-order valence-corrected chi connectivity index (χ0v) is 22.0. The van der Waals surface area contributed by atoms with E-state index in [9.17, 15) is 4.79 Å². The second kappa shape index (κ2) is 11.6. The van der Waals surface area contributed by atoms with E-state index in [1.807, 2.05) is 0 Å². The van der Waals surface area contributed by atoms with Crippen LogP contribution in [0.4, 0.5) is 0 Å². The van der Waals surface area contributed by atoms with Crippen molar-refractivity contribution in [1.82, 2.24) is 20.5 Å². The first-order valence-electron chi connectivity index (χ1n) is 11.2. The van der Waals surface area contributed by atoms with Gasteiger partial charge in [0.05, 0.1) is 10.7 Å². The average molecular weight is 548 g/mol. The normalized spacial score (nSPS) is 20.3. The molecule has 2 N–H and O–H groups in total. The van der Waals surface area contributed by atoms with Gasteiger partial charge in [-0.3, -0.25) is 9.79 Å². The van der Waals surface area contributed by atoms with Gasteiger partial charge in [0.15, 0.2) is 5.96 Å². The highest BCUT2D eigenvalue weighted by Gasteiger charge is 2.32. The molecule has 2 heterocycles. The number of nitrogens with zero attached hydrogens (tertiary/aromatic N) is 3. The van der Waals surface area contributed by atoms with Gasteiger partial charge in [0.2, 0.25) is 5.91 Å². The van der Waals surface area contributed by atoms with Gasteiger partial charge < -0.3 is 15.5 Å². The summed E-state index contributed by atoms with van der Waals surface area (Å²) in [4.78, 5) is 24.2. The number of guanidine groups is 1. The first kappa shape index (κ1) is 25.4. The SMILES string of the molecule is CCNC(=NCCc1nc(C(C)(C)C)cs1)NC1CCN(C(=O)C2CCCC2)C1.I. The summed E-state index contributed by atoms with van der Waals surface area (Å²) in [6, 6.07) is 0.283. The van der Waals surface area contributed by atoms with Crippen molar-refractivity contribution in [2.24, 2.45) is 10.9 Å². The Labute approximate surface area is 202 Å². The first-order valence-corrected chi connectivity index (χ1v) is 12.0. The molecule has 0 radical (unpaired) electrons. The quantitative estimate of drug-likeness (QED) is 0.322. The standard InChI is InChI=1S/C22H37N5OS.HI/c1-5-23-21(24-12-10-19-26-18(15-29-19)22(2,3)4)25-17-11-13-27(14-17)20(28)16-8-6-7-9-16;/h15-17H,5-14H2,1-4H3,(H2,23,24,25);1H. The Morgan fingerprint density at radius 1 is 1.30 bits per heavy atom. The largest absolute Gasteiger partial charge is 0.357 e. The molecule has 8 heteroatoms. The number of halogens is 1. The van der Waals surface area contributed by atoms with E-state index in [0.717, 1.165) is 62.0 Å². The maximum absolute atomic E-state index is 12.7. The van der Waals surface area contributed by atoms with E-state index in [2.05, 4.69) is 48.6 Å². The summed E-state index contributed by atoms with van der Waals surface area (Å²) in [5.74, 6) is 1.49. The molecule has 1 aliphatic heterocycles. The molecular weight excluding hydrogens is 509 g/mol. The molecule has 2 aliphatic rings. The van der Waals surface area contributed by atoms with Crippen LogP contribution in [-0.2, 0) is 16.6 Å². The molecule has 170 valence electrons. The summed E-state index contributed by atoms with van der Waals surface area (Å²) in [6.45, 7) is 11.9. The van der Waals surface area contributed by atoms with Gasteiger partial charge in [0.1, 0.15) is 0 Å². The van der Waals surface area contributed by atoms with Crippen LogP contribution in [-0.4, -0.2) is 54.0 Å². The van der Waals surface area contributed by atoms with Crippen molar-refractivity contribution in [3.05, 3.63) is 16.1 Å². The van der Waals surface area contributed by atoms with Crippen LogP contribution in [0.25, 0.3) is 0 Å². The van der Waals surface area contributed by atoms with Crippen LogP contribution in [0.15, 0.2) is 10.4 Å². The molecule has 3 rings (SSSR count). The number of likely N-dealkylation sites (tertiary alicyclic amines) is 1. The van der Waals surface area contributed by atoms with Gasteiger partial charge in [-0.2, -0.15) is 0 Å². The molecule has 0 aromatic carbocycles. The van der Waals surface area contributed by atoms with E-state index in [-0.39, 0.29) is 41.4 Å². The van der Waals surface area contributed by atoms with Crippen molar-refractivity contribution < 1.29 is 4.79 Å². The lowest BCUT2D eigenvalue weighted by Gasteiger charge is -2.21. The molecule has 2 fully saturated rings. The average Bonchev–Trinajstić information content (AvgIpc) is 3.42. The summed E-state index contributed by atoms with van der Waals surface area (Å²) in [5, 5.41) is 10.2. The minimum absolute atomic E-state index is 0. The van der Waals surface area contributed by atoms with Crippen molar-refractivity contribution in [1.29, 1.82) is 0 Å². The predicted molar refractivity (Wildman–Crippen MR) is 136 cm³/mol. The van der Waals surface area contributed by atoms with Crippen molar-refractivity contribution in [2.75, 3.05) is 26.2 Å². The van der Waals surface area contributed by atoms with Gasteiger partial charge in [-0.15, -0.1) is 35.3 Å². The zero-order valence-electron chi connectivity index (χ0n) is 18.9. The molecule has 0 bridgehead atoms. The molecule has 1 amide bonds. The number of hydrogen-bond donors (Lipinski definition) is 2. The Kier molecular flexibility index (Phi) is 9.84. The van der Waals surface area contributed by atoms with Crippen molar-refractivity contribution >= 4 is 47.2 Å². The molecule has 1 saturated carbocycles. The van der Waals surface area contributed by atoms with Gasteiger partial charge in [0, 0.05) is 55.4 Å². The lowest BCUT2D eigenvalue weighted by atomic mass is 9.93. The number of carbonyl (C=O) groups is 1. The Morgan fingerprint density at radius 3 is 2.67 bits per heavy atom. The molecule has 1 aliphatic carbocycles. The molecule has 30 heavy (non-hydrogen) atoms. The minimum atomic E-state index is 0. The van der Waals surface area contributed by atoms with Gasteiger partial charge in [0.25, 0.3) is 0 Å². The fourth-order valence-corrected chi connectivity index (χ4v) is 5.07. The van der Waals surface area contributed by atoms with E-state index >= 15 is 0 Å². The highest BCUT2D eigenvalue weighted by Crippen LogP contribution is 2.28. The third-order valence-corrected chi connectivity index (χ3v) is 6.71. The second-order valence-corrected chi connectivity index (χ2v) is 10.2. The summed E-state index contributed by atoms with van der Waals surface area (Å²) in [5.41, 5.74) is 1.25. The number of aliphatic imine (C=N–C) groups is 1. The fraction of sp³-hybridized carbons (Fsp3) is 0.773. The topological polar surface area (TPSA) is 69.6 Å². The number of carbonyl (C=O) groups excluding carboxylic acids is 1. The van der Waals surface area contributed by atoms with Crippen LogP contribution in [0, 0.1) is 5.92 Å². The van der Waals surface area contributed by atoms with E-state index < -0.39 is 0 Å². The zero-order chi connectivity index (χ0) is 20.9. The summed E-state index contributed by atoms with van der Waals surface area (Å²) < 4.78 is 0. The monoisotopic (exact) mass is 547 g/mol. The van der Waals surface area contributed by atoms with Crippen molar-refractivity contribution in [3.8, 4) is 0 Å². The third-order valence-electron chi connectivity index (χ3n) is 5.81. The van der Waals surface area contributed by atoms with Gasteiger partial charge in [-0.1, -0.05) is 33.6 Å². The van der Waals surface area contributed by atoms with Crippen LogP contribution in [0.1, 0.15) is 70.5 Å². The summed E-state index contributed by atoms with van der Waals surface area (Å²) in [6.07, 6.45) is 6.41. The predicted octanol–water partition coefficient (Wildman–Crippen LogP) is 3.95. The number of hydrogen-bond acceptors (Lipinski definition) is 4. The maximum Gasteiger partial charge on any atom is 0.225 e. The minimum Gasteiger partial charge on any atom is -0.357 e. The molecule has 1 unspecified atom stereocenters. The van der Waals surface area contributed by atoms with Crippen molar-refractivity contribution in [3.63, 3.8) is 0 Å². The van der Waals surface area contributed by atoms with Gasteiger partial charge in [-0.05, 0) is 26.2 Å². The number of amides is 1. The van der Waals surface area contributed by atoms with E-state index in [1.165, 1.54) is 12.8 Å². The van der Waals surface area contributed by atoms with Crippen LogP contribution in [0.5, 0.6) is 0 Å². The summed E-state index contributed by atoms with van der Waals surface area (Å²) in [7, 11) is 0. The van der Waals surface area contributed by atoms with Crippen LogP contribution < -0.4 is 10.6 Å². The van der Waals surface area contributed by atoms with E-state index in [1.54, 1.807) is 11.3 Å². The smallest absolute Gasteiger partial charge is 0.225 e. The van der Waals surface area contributed by atoms with Crippen molar-refractivity contribution in [2.45, 2.75) is 77.7 Å². The highest BCUT2D eigenvalue weighted by molar-refractivity contribution is 14.0. The highest BCUT2D eigenvalue weighted by atomic mass is 127. The fourth-order valence-electron chi connectivity index (χ4n) is 4.06. The molecule has 0 spiro atoms. The molecule has 1 atom stereocenters. The molecule has 1 aromatic heterocycles. The Morgan fingerprint density at radius 2 is 2.03 bits per heavy atom. The van der Waals surface area contributed by atoms with Gasteiger partial charge in [-0.25, -0.2) is 4.98 Å². The lowest BCUT2D eigenvalue weighted by Crippen LogP contribution is -2.45. The first-order chi connectivity index (χ1) is 13.9. The van der Waals surface area contributed by atoms with E-state index in [4.69, 9.17) is 9.98 Å². The Hall–Kier alpha value is -0.900. The Balaban J connectivity index is 0.00000320. The molecule has 6 nitrogen and oxygen atoms in total. The number of nitrogens with one attached hydrogen (secondary N) is 2. The van der Waals surface area contributed by atoms with Crippen LogP contribution in [0.2, 0.25) is 0 Å². The maximum atomic E-state index is 12.7. The third kappa shape index (κ3) is 7.07. The Bertz CT molecular complexity index is 709. The van der Waals surface area contributed by atoms with Gasteiger partial charge >= 0.3 is 0 Å². The number of thiazole rings is 1. The molecule has 1 aromatic rings. The second-order valence-electron chi connectivity index (χ2n) is 9.28. The summed E-state index contributed by atoms with van der Waals surface area (Å²) >= 11 is 1.72. The lowest BCUT2D eigenvalue weighted by molar-refractivity contribution is -0.134. The molecular formula is C22H38IN5OS.